The Balaban J connectivity index is 1.63. The standard InChI is InChI=1S/C29H29NO4/c30-28(32)22(18-26(19-9-3-1-4-10-19)20-11-5-2-6-12-20)17-21-13-7-15-24-23(21)14-8-16-25(24)27(31)29(33)34/h1-6,8-12,14,16,21-22,26H,7,13,15,17-18H2,(H2,30,32)(H,33,34). The number of carbonyl (C=O) groups excluding carboxylic acids is 2. The number of benzene rings is 3. The fraction of sp³-hybridized carbons (Fsp3) is 0.276. The lowest BCUT2D eigenvalue weighted by Gasteiger charge is -2.30. The molecule has 0 fully saturated rings. The van der Waals surface area contributed by atoms with Crippen LogP contribution in [0.1, 0.15) is 70.1 Å². The summed E-state index contributed by atoms with van der Waals surface area (Å²) in [5, 5.41) is 9.23. The molecule has 3 aromatic rings. The van der Waals surface area contributed by atoms with Crippen LogP contribution in [0.25, 0.3) is 0 Å². The molecule has 0 spiro atoms. The lowest BCUT2D eigenvalue weighted by molar-refractivity contribution is -0.131. The van der Waals surface area contributed by atoms with E-state index < -0.39 is 11.8 Å². The van der Waals surface area contributed by atoms with Crippen molar-refractivity contribution >= 4 is 17.7 Å². The zero-order chi connectivity index (χ0) is 24.1. The zero-order valence-corrected chi connectivity index (χ0v) is 19.0. The van der Waals surface area contributed by atoms with Crippen LogP contribution >= 0.6 is 0 Å². The van der Waals surface area contributed by atoms with Crippen LogP contribution < -0.4 is 5.73 Å². The van der Waals surface area contributed by atoms with E-state index in [0.717, 1.165) is 35.1 Å². The second kappa shape index (κ2) is 10.5. The van der Waals surface area contributed by atoms with Crippen LogP contribution in [0.5, 0.6) is 0 Å². The van der Waals surface area contributed by atoms with Gasteiger partial charge in [-0.2, -0.15) is 0 Å². The third kappa shape index (κ3) is 5.09. The molecule has 3 aromatic carbocycles. The summed E-state index contributed by atoms with van der Waals surface area (Å²) in [5.74, 6) is -2.93. The Kier molecular flexibility index (Phi) is 7.21. The number of hydrogen-bond donors (Lipinski definition) is 2. The van der Waals surface area contributed by atoms with E-state index in [-0.39, 0.29) is 29.2 Å². The molecule has 4 rings (SSSR count). The molecule has 0 bridgehead atoms. The molecule has 34 heavy (non-hydrogen) atoms. The van der Waals surface area contributed by atoms with Gasteiger partial charge < -0.3 is 10.8 Å². The van der Waals surface area contributed by atoms with Crippen molar-refractivity contribution in [3.8, 4) is 0 Å². The van der Waals surface area contributed by atoms with Gasteiger partial charge in [0.1, 0.15) is 0 Å². The fourth-order valence-corrected chi connectivity index (χ4v) is 5.31. The summed E-state index contributed by atoms with van der Waals surface area (Å²) in [6.07, 6.45) is 3.54. The van der Waals surface area contributed by atoms with Crippen LogP contribution in [-0.2, 0) is 16.0 Å². The SMILES string of the molecule is NC(=O)C(CC1CCCc2c(C(=O)C(=O)O)cccc21)CC(c1ccccc1)c1ccccc1. The average molecular weight is 456 g/mol. The molecule has 0 heterocycles. The van der Waals surface area contributed by atoms with Crippen LogP contribution in [0.3, 0.4) is 0 Å². The summed E-state index contributed by atoms with van der Waals surface area (Å²) >= 11 is 0. The maximum Gasteiger partial charge on any atom is 0.377 e. The molecule has 1 amide bonds. The quantitative estimate of drug-likeness (QED) is 0.347. The van der Waals surface area contributed by atoms with Crippen molar-refractivity contribution < 1.29 is 19.5 Å². The van der Waals surface area contributed by atoms with E-state index in [0.29, 0.717) is 19.3 Å². The third-order valence-corrected chi connectivity index (χ3v) is 6.97. The van der Waals surface area contributed by atoms with Gasteiger partial charge in [-0.25, -0.2) is 4.79 Å². The van der Waals surface area contributed by atoms with Crippen molar-refractivity contribution in [3.05, 3.63) is 107 Å². The predicted octanol–water partition coefficient (Wildman–Crippen LogP) is 5.09. The maximum absolute atomic E-state index is 12.6. The van der Waals surface area contributed by atoms with Gasteiger partial charge in [-0.3, -0.25) is 9.59 Å². The smallest absolute Gasteiger partial charge is 0.377 e. The van der Waals surface area contributed by atoms with Gasteiger partial charge in [0.15, 0.2) is 0 Å². The number of amides is 1. The Morgan fingerprint density at radius 2 is 1.50 bits per heavy atom. The Hall–Kier alpha value is -3.73. The molecule has 0 saturated heterocycles. The second-order valence-corrected chi connectivity index (χ2v) is 9.04. The fourth-order valence-electron chi connectivity index (χ4n) is 5.31. The van der Waals surface area contributed by atoms with E-state index in [1.807, 2.05) is 42.5 Å². The molecular formula is C29H29NO4. The molecule has 5 heteroatoms. The lowest BCUT2D eigenvalue weighted by Crippen LogP contribution is -2.28. The van der Waals surface area contributed by atoms with Gasteiger partial charge >= 0.3 is 5.97 Å². The van der Waals surface area contributed by atoms with Crippen molar-refractivity contribution in [2.75, 3.05) is 0 Å². The molecule has 0 aliphatic heterocycles. The van der Waals surface area contributed by atoms with Crippen molar-refractivity contribution in [2.24, 2.45) is 11.7 Å². The van der Waals surface area contributed by atoms with Crippen molar-refractivity contribution in [3.63, 3.8) is 0 Å². The van der Waals surface area contributed by atoms with E-state index in [1.165, 1.54) is 0 Å². The van der Waals surface area contributed by atoms with E-state index in [9.17, 15) is 19.5 Å². The summed E-state index contributed by atoms with van der Waals surface area (Å²) < 4.78 is 0. The molecular weight excluding hydrogens is 426 g/mol. The van der Waals surface area contributed by atoms with Gasteiger partial charge in [0, 0.05) is 17.4 Å². The molecule has 0 aromatic heterocycles. The van der Waals surface area contributed by atoms with E-state index >= 15 is 0 Å². The van der Waals surface area contributed by atoms with Crippen LogP contribution in [0.15, 0.2) is 78.9 Å². The minimum absolute atomic E-state index is 0.0304. The molecule has 3 N–H and O–H groups in total. The largest absolute Gasteiger partial charge is 0.475 e. The lowest BCUT2D eigenvalue weighted by atomic mass is 9.73. The first-order valence-corrected chi connectivity index (χ1v) is 11.7. The van der Waals surface area contributed by atoms with Crippen LogP contribution in [0.2, 0.25) is 0 Å². The monoisotopic (exact) mass is 455 g/mol. The number of carboxylic acid groups (broad SMARTS) is 1. The highest BCUT2D eigenvalue weighted by atomic mass is 16.4. The minimum Gasteiger partial charge on any atom is -0.475 e. The molecule has 174 valence electrons. The van der Waals surface area contributed by atoms with Gasteiger partial charge in [0.25, 0.3) is 5.78 Å². The molecule has 5 nitrogen and oxygen atoms in total. The number of carboxylic acids is 1. The molecule has 1 aliphatic carbocycles. The molecule has 2 unspecified atom stereocenters. The summed E-state index contributed by atoms with van der Waals surface area (Å²) in [4.78, 5) is 36.2. The van der Waals surface area contributed by atoms with E-state index in [2.05, 4.69) is 24.3 Å². The Bertz CT molecular complexity index is 1130. The first kappa shape index (κ1) is 23.4. The van der Waals surface area contributed by atoms with Gasteiger partial charge in [0.2, 0.25) is 5.91 Å². The Labute approximate surface area is 199 Å². The number of carbonyl (C=O) groups is 3. The zero-order valence-electron chi connectivity index (χ0n) is 19.0. The molecule has 0 saturated carbocycles. The Morgan fingerprint density at radius 3 is 2.06 bits per heavy atom. The molecule has 2 atom stereocenters. The second-order valence-electron chi connectivity index (χ2n) is 9.04. The molecule has 0 radical (unpaired) electrons. The highest BCUT2D eigenvalue weighted by molar-refractivity contribution is 6.40. The topological polar surface area (TPSA) is 97.5 Å². The van der Waals surface area contributed by atoms with Gasteiger partial charge in [-0.1, -0.05) is 78.9 Å². The van der Waals surface area contributed by atoms with E-state index in [1.54, 1.807) is 12.1 Å². The number of hydrogen-bond acceptors (Lipinski definition) is 3. The first-order valence-electron chi connectivity index (χ1n) is 11.7. The normalized spacial score (nSPS) is 16.0. The minimum atomic E-state index is -1.45. The summed E-state index contributed by atoms with van der Waals surface area (Å²) in [6, 6.07) is 25.6. The maximum atomic E-state index is 12.6. The molecule has 1 aliphatic rings. The Morgan fingerprint density at radius 1 is 0.882 bits per heavy atom. The van der Waals surface area contributed by atoms with Crippen molar-refractivity contribution in [1.82, 2.24) is 0 Å². The number of Topliss-reactive ketones (excluding diaryl/α,β-unsaturated/α-hetero) is 1. The summed E-state index contributed by atoms with van der Waals surface area (Å²) in [7, 11) is 0. The number of fused-ring (bicyclic) bond motifs is 1. The van der Waals surface area contributed by atoms with Gasteiger partial charge in [-0.15, -0.1) is 0 Å². The highest BCUT2D eigenvalue weighted by Gasteiger charge is 2.31. The number of rotatable bonds is 9. The average Bonchev–Trinajstić information content (AvgIpc) is 2.86. The van der Waals surface area contributed by atoms with Crippen LogP contribution in [0, 0.1) is 5.92 Å². The summed E-state index contributed by atoms with van der Waals surface area (Å²) in [5.41, 5.74) is 10.2. The predicted molar refractivity (Wildman–Crippen MR) is 131 cm³/mol. The van der Waals surface area contributed by atoms with Gasteiger partial charge in [-0.05, 0) is 60.3 Å². The van der Waals surface area contributed by atoms with Crippen molar-refractivity contribution in [1.29, 1.82) is 0 Å². The van der Waals surface area contributed by atoms with Crippen molar-refractivity contribution in [2.45, 2.75) is 43.9 Å². The number of nitrogens with two attached hydrogens (primary N) is 1. The van der Waals surface area contributed by atoms with Crippen LogP contribution in [-0.4, -0.2) is 22.8 Å². The first-order chi connectivity index (χ1) is 16.5. The number of aliphatic carboxylic acids is 1. The van der Waals surface area contributed by atoms with E-state index in [4.69, 9.17) is 5.73 Å². The van der Waals surface area contributed by atoms with Gasteiger partial charge in [0.05, 0.1) is 0 Å². The third-order valence-electron chi connectivity index (χ3n) is 6.97. The number of ketones is 1. The van der Waals surface area contributed by atoms with Crippen LogP contribution in [0.4, 0.5) is 0 Å². The summed E-state index contributed by atoms with van der Waals surface area (Å²) in [6.45, 7) is 0. The number of primary amides is 1. The highest BCUT2D eigenvalue weighted by Crippen LogP contribution is 2.40.